The van der Waals surface area contributed by atoms with Crippen LogP contribution in [0.2, 0.25) is 0 Å². The summed E-state index contributed by atoms with van der Waals surface area (Å²) in [5.74, 6) is 0.394. The van der Waals surface area contributed by atoms with Crippen LogP contribution >= 0.6 is 0 Å². The number of hydrogen-bond donors (Lipinski definition) is 1. The fraction of sp³-hybridized carbons (Fsp3) is 0.350. The molecule has 0 saturated heterocycles. The third-order valence-electron chi connectivity index (χ3n) is 4.12. The van der Waals surface area contributed by atoms with Crippen molar-refractivity contribution in [1.82, 2.24) is 4.40 Å². The van der Waals surface area contributed by atoms with E-state index >= 15 is 0 Å². The monoisotopic (exact) mass is 341 g/mol. The zero-order chi connectivity index (χ0) is 17.8. The highest BCUT2D eigenvalue weighted by atomic mass is 16.5. The molecule has 0 aliphatic rings. The molecule has 3 aromatic rings. The number of esters is 1. The lowest BCUT2D eigenvalue weighted by Gasteiger charge is -2.13. The number of aliphatic hydroxyl groups excluding tert-OH is 1. The normalized spacial score (nSPS) is 12.4. The van der Waals surface area contributed by atoms with Gasteiger partial charge in [0.1, 0.15) is 5.75 Å². The summed E-state index contributed by atoms with van der Waals surface area (Å²) in [6.07, 6.45) is 3.15. The summed E-state index contributed by atoms with van der Waals surface area (Å²) >= 11 is 0. The van der Waals surface area contributed by atoms with Gasteiger partial charge in [0, 0.05) is 18.4 Å². The molecule has 5 heteroatoms. The number of pyridine rings is 1. The Bertz CT molecular complexity index is 884. The minimum atomic E-state index is -0.303. The molecule has 1 N–H and O–H groups in total. The van der Waals surface area contributed by atoms with Gasteiger partial charge in [0.2, 0.25) is 0 Å². The van der Waals surface area contributed by atoms with Gasteiger partial charge in [-0.05, 0) is 31.5 Å². The van der Waals surface area contributed by atoms with E-state index in [1.165, 1.54) is 0 Å². The van der Waals surface area contributed by atoms with Gasteiger partial charge in [-0.3, -0.25) is 0 Å². The highest BCUT2D eigenvalue weighted by molar-refractivity contribution is 6.11. The van der Waals surface area contributed by atoms with Crippen LogP contribution < -0.4 is 4.74 Å². The summed E-state index contributed by atoms with van der Waals surface area (Å²) in [6, 6.07) is 11.5. The molecule has 25 heavy (non-hydrogen) atoms. The van der Waals surface area contributed by atoms with Gasteiger partial charge in [0.25, 0.3) is 0 Å². The number of rotatable bonds is 7. The molecule has 1 atom stereocenters. The molecular formula is C20H23NO4. The molecule has 2 heterocycles. The average Bonchev–Trinajstić information content (AvgIpc) is 2.94. The number of fused-ring (bicyclic) bond motifs is 3. The molecule has 0 amide bonds. The minimum Gasteiger partial charge on any atom is -0.489 e. The number of carbonyl (C=O) groups is 1. The van der Waals surface area contributed by atoms with Gasteiger partial charge < -0.3 is 19.0 Å². The molecule has 0 radical (unpaired) electrons. The lowest BCUT2D eigenvalue weighted by molar-refractivity contribution is 0.0509. The van der Waals surface area contributed by atoms with Gasteiger partial charge in [0.05, 0.1) is 35.5 Å². The minimum absolute atomic E-state index is 0.0849. The predicted molar refractivity (Wildman–Crippen MR) is 97.3 cm³/mol. The van der Waals surface area contributed by atoms with Gasteiger partial charge in [-0.2, -0.15) is 0 Å². The van der Waals surface area contributed by atoms with Crippen LogP contribution in [0.25, 0.3) is 16.4 Å². The average molecular weight is 341 g/mol. The number of hydrogen-bond acceptors (Lipinski definition) is 4. The summed E-state index contributed by atoms with van der Waals surface area (Å²) in [5, 5.41) is 9.89. The number of aromatic nitrogens is 1. The smallest absolute Gasteiger partial charge is 0.340 e. The largest absolute Gasteiger partial charge is 0.489 e. The first-order valence-corrected chi connectivity index (χ1v) is 8.63. The first-order valence-electron chi connectivity index (χ1n) is 8.63. The topological polar surface area (TPSA) is 60.2 Å². The molecule has 0 fully saturated rings. The maximum atomic E-state index is 12.5. The van der Waals surface area contributed by atoms with Crippen LogP contribution in [0.3, 0.4) is 0 Å². The molecule has 0 saturated carbocycles. The Labute approximate surface area is 146 Å². The SMILES string of the molecule is CCCOC(=O)c1c2ccccc2n2cc(OC(C)CCO)ccc12. The Hall–Kier alpha value is -2.53. The summed E-state index contributed by atoms with van der Waals surface area (Å²) in [6.45, 7) is 4.38. The highest BCUT2D eigenvalue weighted by Gasteiger charge is 2.19. The van der Waals surface area contributed by atoms with E-state index < -0.39 is 0 Å². The van der Waals surface area contributed by atoms with Crippen LogP contribution in [0, 0.1) is 0 Å². The summed E-state index contributed by atoms with van der Waals surface area (Å²) in [4.78, 5) is 12.5. The molecule has 132 valence electrons. The van der Waals surface area contributed by atoms with Crippen molar-refractivity contribution >= 4 is 22.4 Å². The van der Waals surface area contributed by atoms with E-state index in [0.29, 0.717) is 24.3 Å². The highest BCUT2D eigenvalue weighted by Crippen LogP contribution is 2.29. The van der Waals surface area contributed by atoms with Gasteiger partial charge in [-0.25, -0.2) is 4.79 Å². The van der Waals surface area contributed by atoms with Crippen LogP contribution in [-0.4, -0.2) is 34.8 Å². The van der Waals surface area contributed by atoms with Crippen molar-refractivity contribution in [2.45, 2.75) is 32.8 Å². The number of carbonyl (C=O) groups excluding carboxylic acids is 1. The molecule has 0 bridgehead atoms. The third kappa shape index (κ3) is 3.46. The van der Waals surface area contributed by atoms with Gasteiger partial charge >= 0.3 is 5.97 Å². The second kappa shape index (κ2) is 7.57. The maximum Gasteiger partial charge on any atom is 0.340 e. The fourth-order valence-corrected chi connectivity index (χ4v) is 2.94. The van der Waals surface area contributed by atoms with Crippen molar-refractivity contribution in [2.24, 2.45) is 0 Å². The van der Waals surface area contributed by atoms with E-state index in [4.69, 9.17) is 14.6 Å². The van der Waals surface area contributed by atoms with Crippen molar-refractivity contribution in [3.8, 4) is 5.75 Å². The van der Waals surface area contributed by atoms with Crippen LogP contribution in [0.5, 0.6) is 5.75 Å². The van der Waals surface area contributed by atoms with Crippen molar-refractivity contribution in [3.05, 3.63) is 48.2 Å². The second-order valence-electron chi connectivity index (χ2n) is 6.09. The van der Waals surface area contributed by atoms with Gasteiger partial charge in [-0.15, -0.1) is 0 Å². The quantitative estimate of drug-likeness (QED) is 0.664. The van der Waals surface area contributed by atoms with E-state index in [1.54, 1.807) is 0 Å². The fourth-order valence-electron chi connectivity index (χ4n) is 2.94. The Morgan fingerprint density at radius 2 is 2.00 bits per heavy atom. The molecule has 3 rings (SSSR count). The van der Waals surface area contributed by atoms with E-state index in [-0.39, 0.29) is 18.7 Å². The molecule has 2 aromatic heterocycles. The maximum absolute atomic E-state index is 12.5. The number of ether oxygens (including phenoxy) is 2. The third-order valence-corrected chi connectivity index (χ3v) is 4.12. The van der Waals surface area contributed by atoms with Crippen molar-refractivity contribution in [3.63, 3.8) is 0 Å². The summed E-state index contributed by atoms with van der Waals surface area (Å²) in [5.41, 5.74) is 2.31. The Balaban J connectivity index is 2.08. The first-order chi connectivity index (χ1) is 12.2. The molecular weight excluding hydrogens is 318 g/mol. The van der Waals surface area contributed by atoms with Crippen molar-refractivity contribution < 1.29 is 19.4 Å². The van der Waals surface area contributed by atoms with Crippen LogP contribution in [-0.2, 0) is 4.74 Å². The molecule has 0 spiro atoms. The van der Waals surface area contributed by atoms with Crippen LogP contribution in [0.1, 0.15) is 37.0 Å². The Morgan fingerprint density at radius 3 is 2.76 bits per heavy atom. The van der Waals surface area contributed by atoms with Crippen molar-refractivity contribution in [2.75, 3.05) is 13.2 Å². The van der Waals surface area contributed by atoms with E-state index in [1.807, 2.05) is 60.8 Å². The van der Waals surface area contributed by atoms with Crippen molar-refractivity contribution in [1.29, 1.82) is 0 Å². The first kappa shape index (κ1) is 17.3. The van der Waals surface area contributed by atoms with E-state index in [2.05, 4.69) is 0 Å². The van der Waals surface area contributed by atoms with Crippen LogP contribution in [0.15, 0.2) is 42.6 Å². The standard InChI is InChI=1S/C20H23NO4/c1-3-12-24-20(23)19-16-6-4-5-7-17(16)21-13-15(8-9-18(19)21)25-14(2)10-11-22/h4-9,13-14,22H,3,10-12H2,1-2H3. The summed E-state index contributed by atoms with van der Waals surface area (Å²) < 4.78 is 13.2. The van der Waals surface area contributed by atoms with E-state index in [9.17, 15) is 4.79 Å². The Kier molecular flexibility index (Phi) is 5.24. The number of aliphatic hydroxyl groups is 1. The second-order valence-corrected chi connectivity index (χ2v) is 6.09. The summed E-state index contributed by atoms with van der Waals surface area (Å²) in [7, 11) is 0. The Morgan fingerprint density at radius 1 is 1.20 bits per heavy atom. The molecule has 1 aromatic carbocycles. The molecule has 0 aliphatic carbocycles. The zero-order valence-corrected chi connectivity index (χ0v) is 14.6. The molecule has 0 aliphatic heterocycles. The lowest BCUT2D eigenvalue weighted by Crippen LogP contribution is -2.13. The predicted octanol–water partition coefficient (Wildman–Crippen LogP) is 3.81. The molecule has 1 unspecified atom stereocenters. The van der Waals surface area contributed by atoms with Crippen LogP contribution in [0.4, 0.5) is 0 Å². The van der Waals surface area contributed by atoms with E-state index in [0.717, 1.165) is 22.8 Å². The van der Waals surface area contributed by atoms with Gasteiger partial charge in [-0.1, -0.05) is 25.1 Å². The van der Waals surface area contributed by atoms with Gasteiger partial charge in [0.15, 0.2) is 0 Å². The number of benzene rings is 1. The number of para-hydroxylation sites is 1. The lowest BCUT2D eigenvalue weighted by atomic mass is 10.1. The zero-order valence-electron chi connectivity index (χ0n) is 14.6. The molecule has 5 nitrogen and oxygen atoms in total. The number of nitrogens with zero attached hydrogens (tertiary/aromatic N) is 1.